The largest absolute Gasteiger partial charge is 0.364 e. The van der Waals surface area contributed by atoms with Gasteiger partial charge in [0.25, 0.3) is 0 Å². The molecule has 0 spiro atoms. The monoisotopic (exact) mass is 277 g/mol. The number of hydrogen-bond donors (Lipinski definition) is 0. The van der Waals surface area contributed by atoms with Crippen molar-refractivity contribution in [2.45, 2.75) is 58.5 Å². The van der Waals surface area contributed by atoms with Crippen molar-refractivity contribution < 1.29 is 4.52 Å². The van der Waals surface area contributed by atoms with E-state index in [1.165, 1.54) is 9.36 Å². The summed E-state index contributed by atoms with van der Waals surface area (Å²) >= 11 is 0. The molecule has 2 heterocycles. The average Bonchev–Trinajstić information content (AvgIpc) is 2.86. The molecule has 0 amide bonds. The van der Waals surface area contributed by atoms with Crippen LogP contribution in [0.5, 0.6) is 0 Å². The van der Waals surface area contributed by atoms with Crippen molar-refractivity contribution >= 4 is 0 Å². The third-order valence-corrected chi connectivity index (χ3v) is 3.93. The molecule has 1 aliphatic carbocycles. The van der Waals surface area contributed by atoms with Crippen LogP contribution >= 0.6 is 0 Å². The average molecular weight is 277 g/mol. The normalized spacial score (nSPS) is 15.8. The minimum absolute atomic E-state index is 0.148. The zero-order chi connectivity index (χ0) is 14.3. The van der Waals surface area contributed by atoms with Crippen LogP contribution < -0.4 is 5.69 Å². The van der Waals surface area contributed by atoms with E-state index in [0.29, 0.717) is 6.54 Å². The van der Waals surface area contributed by atoms with Crippen LogP contribution in [0.1, 0.15) is 62.1 Å². The Labute approximate surface area is 116 Å². The first-order valence-electron chi connectivity index (χ1n) is 7.05. The molecule has 1 saturated carbocycles. The molecule has 20 heavy (non-hydrogen) atoms. The molecule has 0 N–H and O–H groups in total. The molecule has 2 aromatic rings. The van der Waals surface area contributed by atoms with Crippen LogP contribution in [-0.4, -0.2) is 24.9 Å². The maximum absolute atomic E-state index is 12.3. The summed E-state index contributed by atoms with van der Waals surface area (Å²) in [5.74, 6) is 1.04. The maximum Gasteiger partial charge on any atom is 0.364 e. The number of nitrogens with zero attached hydrogens (tertiary/aromatic N) is 5. The van der Waals surface area contributed by atoms with E-state index in [1.54, 1.807) is 0 Å². The Hall–Kier alpha value is -1.92. The fourth-order valence-electron chi connectivity index (χ4n) is 2.45. The molecular weight excluding hydrogens is 258 g/mol. The smallest absolute Gasteiger partial charge is 0.361 e. The standard InChI is InChI=1S/C13H19N5O2/c1-8(2)12-11(9(3)14-20-12)7-17-13(19)18(16-15-17)10-5-4-6-10/h8,10H,4-7H2,1-3H3. The molecule has 0 atom stereocenters. The van der Waals surface area contributed by atoms with Gasteiger partial charge in [0.2, 0.25) is 0 Å². The van der Waals surface area contributed by atoms with Crippen molar-refractivity contribution in [2.24, 2.45) is 0 Å². The van der Waals surface area contributed by atoms with Gasteiger partial charge in [-0.15, -0.1) is 0 Å². The summed E-state index contributed by atoms with van der Waals surface area (Å²) in [6.45, 7) is 6.33. The molecule has 0 radical (unpaired) electrons. The first kappa shape index (κ1) is 13.1. The summed E-state index contributed by atoms with van der Waals surface area (Å²) < 4.78 is 8.23. The molecule has 2 aromatic heterocycles. The predicted molar refractivity (Wildman–Crippen MR) is 71.6 cm³/mol. The van der Waals surface area contributed by atoms with Crippen molar-refractivity contribution in [3.63, 3.8) is 0 Å². The van der Waals surface area contributed by atoms with E-state index in [1.807, 2.05) is 20.8 Å². The van der Waals surface area contributed by atoms with Gasteiger partial charge < -0.3 is 4.52 Å². The van der Waals surface area contributed by atoms with E-state index in [9.17, 15) is 4.79 Å². The first-order valence-corrected chi connectivity index (χ1v) is 7.05. The van der Waals surface area contributed by atoms with Gasteiger partial charge in [0, 0.05) is 11.5 Å². The summed E-state index contributed by atoms with van der Waals surface area (Å²) in [4.78, 5) is 12.3. The Kier molecular flexibility index (Phi) is 3.19. The summed E-state index contributed by atoms with van der Waals surface area (Å²) in [5.41, 5.74) is 1.59. The lowest BCUT2D eigenvalue weighted by atomic mass is 9.93. The maximum atomic E-state index is 12.3. The fraction of sp³-hybridized carbons (Fsp3) is 0.692. The lowest BCUT2D eigenvalue weighted by Gasteiger charge is -2.23. The quantitative estimate of drug-likeness (QED) is 0.848. The summed E-state index contributed by atoms with van der Waals surface area (Å²) in [7, 11) is 0. The Morgan fingerprint density at radius 2 is 2.10 bits per heavy atom. The minimum Gasteiger partial charge on any atom is -0.361 e. The number of tetrazole rings is 1. The van der Waals surface area contributed by atoms with Crippen LogP contribution in [0, 0.1) is 6.92 Å². The number of aromatic nitrogens is 5. The topological polar surface area (TPSA) is 78.7 Å². The van der Waals surface area contributed by atoms with E-state index < -0.39 is 0 Å². The van der Waals surface area contributed by atoms with Gasteiger partial charge in [0.15, 0.2) is 0 Å². The minimum atomic E-state index is -0.148. The Morgan fingerprint density at radius 1 is 1.35 bits per heavy atom. The van der Waals surface area contributed by atoms with Gasteiger partial charge in [0.1, 0.15) is 5.76 Å². The Balaban J connectivity index is 1.90. The van der Waals surface area contributed by atoms with E-state index in [0.717, 1.165) is 36.3 Å². The Bertz CT molecular complexity index is 663. The highest BCUT2D eigenvalue weighted by molar-refractivity contribution is 5.24. The first-order chi connectivity index (χ1) is 9.58. The van der Waals surface area contributed by atoms with Gasteiger partial charge in [-0.1, -0.05) is 19.0 Å². The second-order valence-electron chi connectivity index (χ2n) is 5.71. The van der Waals surface area contributed by atoms with Crippen LogP contribution in [0.4, 0.5) is 0 Å². The second-order valence-corrected chi connectivity index (χ2v) is 5.71. The van der Waals surface area contributed by atoms with Crippen molar-refractivity contribution in [1.29, 1.82) is 0 Å². The van der Waals surface area contributed by atoms with Gasteiger partial charge in [-0.3, -0.25) is 0 Å². The van der Waals surface area contributed by atoms with Crippen LogP contribution in [-0.2, 0) is 6.54 Å². The van der Waals surface area contributed by atoms with Crippen LogP contribution in [0.2, 0.25) is 0 Å². The van der Waals surface area contributed by atoms with Crippen LogP contribution in [0.3, 0.4) is 0 Å². The lowest BCUT2D eigenvalue weighted by molar-refractivity contribution is 0.277. The van der Waals surface area contributed by atoms with Crippen molar-refractivity contribution in [3.8, 4) is 0 Å². The summed E-state index contributed by atoms with van der Waals surface area (Å²) in [5, 5.41) is 12.0. The summed E-state index contributed by atoms with van der Waals surface area (Å²) in [6.07, 6.45) is 3.19. The van der Waals surface area contributed by atoms with Crippen LogP contribution in [0.15, 0.2) is 9.32 Å². The van der Waals surface area contributed by atoms with Gasteiger partial charge in [0.05, 0.1) is 18.3 Å². The molecule has 0 saturated heterocycles. The van der Waals surface area contributed by atoms with Crippen molar-refractivity contribution in [3.05, 3.63) is 27.5 Å². The van der Waals surface area contributed by atoms with Gasteiger partial charge >= 0.3 is 5.69 Å². The van der Waals surface area contributed by atoms with Crippen molar-refractivity contribution in [2.75, 3.05) is 0 Å². The molecule has 0 bridgehead atoms. The van der Waals surface area contributed by atoms with Crippen molar-refractivity contribution in [1.82, 2.24) is 24.9 Å². The lowest BCUT2D eigenvalue weighted by Crippen LogP contribution is -2.31. The third-order valence-electron chi connectivity index (χ3n) is 3.93. The molecule has 0 aromatic carbocycles. The predicted octanol–water partition coefficient (Wildman–Crippen LogP) is 1.63. The number of hydrogen-bond acceptors (Lipinski definition) is 5. The molecule has 7 heteroatoms. The second kappa shape index (κ2) is 4.88. The highest BCUT2D eigenvalue weighted by Gasteiger charge is 2.25. The molecule has 1 fully saturated rings. The molecule has 0 unspecified atom stereocenters. The van der Waals surface area contributed by atoms with E-state index in [4.69, 9.17) is 4.52 Å². The molecule has 7 nitrogen and oxygen atoms in total. The molecule has 1 aliphatic rings. The third kappa shape index (κ3) is 2.07. The van der Waals surface area contributed by atoms with E-state index in [-0.39, 0.29) is 17.6 Å². The summed E-state index contributed by atoms with van der Waals surface area (Å²) in [6, 6.07) is 0.226. The van der Waals surface area contributed by atoms with Gasteiger partial charge in [-0.25, -0.2) is 4.79 Å². The van der Waals surface area contributed by atoms with Crippen LogP contribution in [0.25, 0.3) is 0 Å². The molecule has 108 valence electrons. The molecular formula is C13H19N5O2. The highest BCUT2D eigenvalue weighted by Crippen LogP contribution is 2.29. The van der Waals surface area contributed by atoms with Gasteiger partial charge in [-0.2, -0.15) is 9.36 Å². The van der Waals surface area contributed by atoms with E-state index >= 15 is 0 Å². The SMILES string of the molecule is Cc1noc(C(C)C)c1Cn1nnn(C2CCC2)c1=O. The number of aryl methyl sites for hydroxylation is 1. The fourth-order valence-corrected chi connectivity index (χ4v) is 2.45. The number of rotatable bonds is 4. The molecule has 3 rings (SSSR count). The highest BCUT2D eigenvalue weighted by atomic mass is 16.5. The van der Waals surface area contributed by atoms with Gasteiger partial charge in [-0.05, 0) is 36.6 Å². The molecule has 0 aliphatic heterocycles. The zero-order valence-electron chi connectivity index (χ0n) is 12.0. The zero-order valence-corrected chi connectivity index (χ0v) is 12.0. The Morgan fingerprint density at radius 3 is 2.70 bits per heavy atom. The van der Waals surface area contributed by atoms with E-state index in [2.05, 4.69) is 15.6 Å².